The summed E-state index contributed by atoms with van der Waals surface area (Å²) in [4.78, 5) is 54.7. The van der Waals surface area contributed by atoms with E-state index >= 15 is 0 Å². The molecule has 2 aromatic rings. The molecule has 0 spiro atoms. The van der Waals surface area contributed by atoms with E-state index in [4.69, 9.17) is 4.74 Å². The topological polar surface area (TPSA) is 115 Å². The molecule has 1 saturated heterocycles. The van der Waals surface area contributed by atoms with Crippen molar-refractivity contribution in [3.05, 3.63) is 40.5 Å². The Balaban J connectivity index is 1.71. The second-order valence-electron chi connectivity index (χ2n) is 8.46. The number of hydrogen-bond acceptors (Lipinski definition) is 7. The Morgan fingerprint density at radius 1 is 1.23 bits per heavy atom. The van der Waals surface area contributed by atoms with Crippen LogP contribution < -0.4 is 5.32 Å². The first-order chi connectivity index (χ1) is 16.4. The molecule has 2 heterocycles. The minimum atomic E-state index is -3.34. The van der Waals surface area contributed by atoms with Crippen LogP contribution in [0.2, 0.25) is 0 Å². The highest BCUT2D eigenvalue weighted by atomic mass is 79.9. The Kier molecular flexibility index (Phi) is 8.04. The minimum Gasteiger partial charge on any atom is -0.456 e. The molecule has 3 rings (SSSR count). The molecular weight excluding hydrogens is 532 g/mol. The summed E-state index contributed by atoms with van der Waals surface area (Å²) in [6.07, 6.45) is -1.87. The lowest BCUT2D eigenvalue weighted by atomic mass is 10.0. The number of alkyl carbamates (subject to hydrolysis) is 1. The number of nitrogens with zero attached hydrogens (tertiary/aromatic N) is 2. The molecule has 2 amide bonds. The largest absolute Gasteiger partial charge is 0.456 e. The van der Waals surface area contributed by atoms with E-state index < -0.39 is 67.2 Å². The van der Waals surface area contributed by atoms with Crippen LogP contribution in [0.15, 0.2) is 34.8 Å². The van der Waals surface area contributed by atoms with Gasteiger partial charge in [0.2, 0.25) is 11.7 Å². The number of alkyl halides is 2. The Hall–Kier alpha value is -3.15. The van der Waals surface area contributed by atoms with Gasteiger partial charge in [-0.2, -0.15) is 0 Å². The first kappa shape index (κ1) is 26.5. The number of hydrogen-bond donors (Lipinski definition) is 1. The fourth-order valence-electron chi connectivity index (χ4n) is 3.70. The molecule has 1 aromatic carbocycles. The minimum absolute atomic E-state index is 0.0412. The number of carbonyl (C=O) groups excluding carboxylic acids is 4. The number of benzene rings is 1. The molecule has 1 aliphatic heterocycles. The van der Waals surface area contributed by atoms with Gasteiger partial charge in [-0.3, -0.25) is 9.59 Å². The molecule has 0 unspecified atom stereocenters. The molecule has 188 valence electrons. The molecule has 1 fully saturated rings. The van der Waals surface area contributed by atoms with E-state index in [-0.39, 0.29) is 5.69 Å². The summed E-state index contributed by atoms with van der Waals surface area (Å²) in [5.74, 6) is -6.47. The maximum Gasteiger partial charge on any atom is 0.407 e. The van der Waals surface area contributed by atoms with Gasteiger partial charge in [-0.25, -0.2) is 23.4 Å². The van der Waals surface area contributed by atoms with Crippen LogP contribution in [0, 0.1) is 5.92 Å². The number of pyridine rings is 1. The van der Waals surface area contributed by atoms with Gasteiger partial charge >= 0.3 is 12.1 Å². The molecule has 9 nitrogen and oxygen atoms in total. The van der Waals surface area contributed by atoms with Crippen LogP contribution in [-0.4, -0.2) is 71.9 Å². The van der Waals surface area contributed by atoms with Gasteiger partial charge in [0, 0.05) is 16.3 Å². The number of fused-ring (bicyclic) bond motifs is 1. The first-order valence-corrected chi connectivity index (χ1v) is 11.5. The Bertz CT molecular complexity index is 1160. The predicted octanol–water partition coefficient (Wildman–Crippen LogP) is 3.34. The van der Waals surface area contributed by atoms with Crippen LogP contribution >= 0.6 is 15.9 Å². The standard InChI is InChI=1S/C23H24BrF2N3O6/c1-12(2)19(28-22(33)34-3)20(31)29-11-23(25,26)9-17(29)21(32)35-10-18(30)16-6-4-13-8-14(24)5-7-15(13)27-16/h4-8,12,17,19H,9-11H2,1-3H3,(H,28,33)/t17-,19-/m0/s1. The van der Waals surface area contributed by atoms with Crippen LogP contribution in [-0.2, 0) is 19.1 Å². The van der Waals surface area contributed by atoms with Gasteiger partial charge in [-0.15, -0.1) is 0 Å². The lowest BCUT2D eigenvalue weighted by molar-refractivity contribution is -0.153. The SMILES string of the molecule is COC(=O)N[C@H](C(=O)N1CC(F)(F)C[C@H]1C(=O)OCC(=O)c1ccc2cc(Br)ccc2n1)C(C)C. The highest BCUT2D eigenvalue weighted by molar-refractivity contribution is 9.10. The molecule has 12 heteroatoms. The van der Waals surface area contributed by atoms with Gasteiger partial charge in [-0.1, -0.05) is 35.8 Å². The Morgan fingerprint density at radius 3 is 2.60 bits per heavy atom. The molecule has 0 saturated carbocycles. The van der Waals surface area contributed by atoms with Crippen molar-refractivity contribution in [3.63, 3.8) is 0 Å². The quantitative estimate of drug-likeness (QED) is 0.411. The Morgan fingerprint density at radius 2 is 1.94 bits per heavy atom. The lowest BCUT2D eigenvalue weighted by Crippen LogP contribution is -2.54. The normalized spacial score (nSPS) is 17.8. The zero-order valence-electron chi connectivity index (χ0n) is 19.2. The van der Waals surface area contributed by atoms with Crippen molar-refractivity contribution in [2.24, 2.45) is 5.92 Å². The lowest BCUT2D eigenvalue weighted by Gasteiger charge is -2.29. The van der Waals surface area contributed by atoms with Gasteiger partial charge in [0.05, 0.1) is 19.2 Å². The number of methoxy groups -OCH3 is 1. The number of ether oxygens (including phenoxy) is 2. The number of rotatable bonds is 7. The summed E-state index contributed by atoms with van der Waals surface area (Å²) in [5, 5.41) is 3.09. The Labute approximate surface area is 208 Å². The summed E-state index contributed by atoms with van der Waals surface area (Å²) < 4.78 is 38.8. The fourth-order valence-corrected chi connectivity index (χ4v) is 4.07. The molecule has 0 bridgehead atoms. The van der Waals surface area contributed by atoms with E-state index in [0.717, 1.165) is 17.0 Å². The number of carbonyl (C=O) groups is 4. The van der Waals surface area contributed by atoms with Crippen LogP contribution in [0.5, 0.6) is 0 Å². The van der Waals surface area contributed by atoms with Crippen molar-refractivity contribution in [1.29, 1.82) is 0 Å². The smallest absolute Gasteiger partial charge is 0.407 e. The molecule has 1 aliphatic rings. The molecule has 2 atom stereocenters. The van der Waals surface area contributed by atoms with Gasteiger partial charge in [0.25, 0.3) is 5.92 Å². The number of likely N-dealkylation sites (tertiary alicyclic amines) is 1. The van der Waals surface area contributed by atoms with E-state index in [1.54, 1.807) is 32.0 Å². The molecule has 1 aromatic heterocycles. The van der Waals surface area contributed by atoms with E-state index in [0.29, 0.717) is 10.4 Å². The summed E-state index contributed by atoms with van der Waals surface area (Å²) in [5.41, 5.74) is 0.592. The zero-order chi connectivity index (χ0) is 25.9. The molecular formula is C23H24BrF2N3O6. The molecule has 0 radical (unpaired) electrons. The predicted molar refractivity (Wildman–Crippen MR) is 124 cm³/mol. The highest BCUT2D eigenvalue weighted by Crippen LogP contribution is 2.33. The molecule has 0 aliphatic carbocycles. The van der Waals surface area contributed by atoms with Crippen LogP contribution in [0.1, 0.15) is 30.8 Å². The monoisotopic (exact) mass is 555 g/mol. The summed E-state index contributed by atoms with van der Waals surface area (Å²) in [6.45, 7) is 1.46. The van der Waals surface area contributed by atoms with Gasteiger partial charge in [0.1, 0.15) is 17.8 Å². The zero-order valence-corrected chi connectivity index (χ0v) is 20.8. The van der Waals surface area contributed by atoms with Crippen molar-refractivity contribution in [3.8, 4) is 0 Å². The maximum absolute atomic E-state index is 14.2. The van der Waals surface area contributed by atoms with Crippen molar-refractivity contribution in [2.75, 3.05) is 20.3 Å². The summed E-state index contributed by atoms with van der Waals surface area (Å²) in [7, 11) is 1.10. The van der Waals surface area contributed by atoms with E-state index in [9.17, 15) is 28.0 Å². The second-order valence-corrected chi connectivity index (χ2v) is 9.38. The average Bonchev–Trinajstić information content (AvgIpc) is 3.15. The second kappa shape index (κ2) is 10.6. The van der Waals surface area contributed by atoms with Gasteiger partial charge < -0.3 is 19.7 Å². The van der Waals surface area contributed by atoms with Crippen molar-refractivity contribution in [2.45, 2.75) is 38.3 Å². The first-order valence-electron chi connectivity index (χ1n) is 10.7. The molecule has 35 heavy (non-hydrogen) atoms. The third kappa shape index (κ3) is 6.30. The maximum atomic E-state index is 14.2. The molecule has 1 N–H and O–H groups in total. The fraction of sp³-hybridized carbons (Fsp3) is 0.435. The third-order valence-corrected chi connectivity index (χ3v) is 5.99. The number of esters is 1. The third-order valence-electron chi connectivity index (χ3n) is 5.50. The number of aromatic nitrogens is 1. The van der Waals surface area contributed by atoms with E-state index in [1.807, 2.05) is 6.07 Å². The van der Waals surface area contributed by atoms with E-state index in [1.165, 1.54) is 6.07 Å². The number of Topliss-reactive ketones (excluding diaryl/α,β-unsaturated/α-hetero) is 1. The van der Waals surface area contributed by atoms with E-state index in [2.05, 4.69) is 31.0 Å². The van der Waals surface area contributed by atoms with Crippen molar-refractivity contribution in [1.82, 2.24) is 15.2 Å². The number of halogens is 3. The average molecular weight is 556 g/mol. The number of nitrogens with one attached hydrogen (secondary N) is 1. The van der Waals surface area contributed by atoms with Gasteiger partial charge in [0.15, 0.2) is 6.61 Å². The van der Waals surface area contributed by atoms with Gasteiger partial charge in [-0.05, 0) is 30.2 Å². The number of amides is 2. The van der Waals surface area contributed by atoms with Crippen molar-refractivity contribution >= 4 is 50.6 Å². The highest BCUT2D eigenvalue weighted by Gasteiger charge is 2.52. The summed E-state index contributed by atoms with van der Waals surface area (Å²) >= 11 is 3.35. The van der Waals surface area contributed by atoms with Crippen LogP contribution in [0.3, 0.4) is 0 Å². The number of ketones is 1. The summed E-state index contributed by atoms with van der Waals surface area (Å²) in [6, 6.07) is 5.62. The van der Waals surface area contributed by atoms with Crippen LogP contribution in [0.4, 0.5) is 13.6 Å². The van der Waals surface area contributed by atoms with Crippen LogP contribution in [0.25, 0.3) is 10.9 Å². The van der Waals surface area contributed by atoms with Crippen molar-refractivity contribution < 1.29 is 37.4 Å².